The number of carbonyl (C=O) groups excluding carboxylic acids is 1. The van der Waals surface area contributed by atoms with E-state index in [1.165, 1.54) is 5.56 Å². The molecular weight excluding hydrogens is 372 g/mol. The minimum Gasteiger partial charge on any atom is -0.398 e. The summed E-state index contributed by atoms with van der Waals surface area (Å²) < 4.78 is 20.7. The van der Waals surface area contributed by atoms with Crippen LogP contribution in [0.5, 0.6) is 5.75 Å². The lowest BCUT2D eigenvalue weighted by atomic mass is 9.92. The Hall–Kier alpha value is -2.34. The molecule has 1 atom stereocenters. The van der Waals surface area contributed by atoms with Gasteiger partial charge in [0, 0.05) is 5.69 Å². The average molecular weight is 403 g/mol. The maximum atomic E-state index is 12.8. The molecule has 152 valence electrons. The molecule has 0 aliphatic rings. The Labute approximate surface area is 170 Å². The van der Waals surface area contributed by atoms with E-state index in [9.17, 15) is 9.00 Å². The quantitative estimate of drug-likeness (QED) is 0.741. The monoisotopic (exact) mass is 402 g/mol. The highest BCUT2D eigenvalue weighted by atomic mass is 32.2. The molecule has 0 aliphatic heterocycles. The number of benzene rings is 2. The molecule has 0 aromatic heterocycles. The van der Waals surface area contributed by atoms with Crippen LogP contribution in [0.25, 0.3) is 0 Å². The highest BCUT2D eigenvalue weighted by molar-refractivity contribution is 7.79. The fraction of sp³-hybridized carbons (Fsp3) is 0.409. The number of hydrogen-bond acceptors (Lipinski definition) is 4. The average Bonchev–Trinajstić information content (AvgIpc) is 2.65. The van der Waals surface area contributed by atoms with Crippen molar-refractivity contribution in [2.75, 3.05) is 5.73 Å². The van der Waals surface area contributed by atoms with E-state index in [-0.39, 0.29) is 0 Å². The van der Waals surface area contributed by atoms with E-state index in [2.05, 4.69) is 11.6 Å². The lowest BCUT2D eigenvalue weighted by molar-refractivity contribution is 0.0981. The minimum absolute atomic E-state index is 0.349. The van der Waals surface area contributed by atoms with Crippen molar-refractivity contribution in [3.63, 3.8) is 0 Å². The van der Waals surface area contributed by atoms with Gasteiger partial charge in [-0.3, -0.25) is 4.79 Å². The van der Waals surface area contributed by atoms with Gasteiger partial charge in [0.05, 0.1) is 5.56 Å². The molecule has 5 nitrogen and oxygen atoms in total. The van der Waals surface area contributed by atoms with Gasteiger partial charge in [-0.05, 0) is 112 Å². The summed E-state index contributed by atoms with van der Waals surface area (Å²) in [5, 5.41) is 0. The summed E-state index contributed by atoms with van der Waals surface area (Å²) in [6.45, 7) is 17.6. The molecule has 1 amide bonds. The Balaban J connectivity index is 2.35. The number of nitrogen functional groups attached to an aromatic ring is 1. The number of rotatable bonds is 4. The van der Waals surface area contributed by atoms with Gasteiger partial charge >= 0.3 is 11.3 Å². The second kappa shape index (κ2) is 7.95. The van der Waals surface area contributed by atoms with Gasteiger partial charge in [-0.1, -0.05) is 0 Å². The number of anilines is 1. The Kier molecular flexibility index (Phi) is 6.24. The van der Waals surface area contributed by atoms with Crippen molar-refractivity contribution in [2.45, 2.75) is 62.3 Å². The zero-order chi connectivity index (χ0) is 21.5. The molecule has 0 fully saturated rings. The van der Waals surface area contributed by atoms with E-state index in [1.807, 2.05) is 55.4 Å². The summed E-state index contributed by atoms with van der Waals surface area (Å²) in [6, 6.07) is 0. The Morgan fingerprint density at radius 2 is 1.11 bits per heavy atom. The molecule has 1 unspecified atom stereocenters. The number of nitrogens with two attached hydrogens (primary N) is 1. The molecule has 6 heteroatoms. The maximum Gasteiger partial charge on any atom is 0.318 e. The molecule has 0 bridgehead atoms. The molecule has 0 aliphatic carbocycles. The molecule has 2 aromatic rings. The molecule has 2 rings (SSSR count). The van der Waals surface area contributed by atoms with Gasteiger partial charge in [-0.2, -0.15) is 4.21 Å². The van der Waals surface area contributed by atoms with Crippen LogP contribution in [0.2, 0.25) is 0 Å². The first-order valence-electron chi connectivity index (χ1n) is 9.23. The van der Waals surface area contributed by atoms with Crippen LogP contribution in [0, 0.1) is 62.3 Å². The van der Waals surface area contributed by atoms with E-state index >= 15 is 0 Å². The van der Waals surface area contributed by atoms with Gasteiger partial charge in [0.1, 0.15) is 5.75 Å². The van der Waals surface area contributed by atoms with Gasteiger partial charge in [-0.25, -0.2) is 4.72 Å². The van der Waals surface area contributed by atoms with Crippen LogP contribution in [-0.2, 0) is 11.3 Å². The third-order valence-electron chi connectivity index (χ3n) is 6.23. The zero-order valence-electron chi connectivity index (χ0n) is 18.2. The standard InChI is InChI=1S/C22H30N2O3S/c1-10-13(4)17(8)21(18(9)14(10)5)27-28(26)24-22(25)19-15(6)11(2)12(3)16(7)20(19)23/h23H2,1-9H3,(H,24,25). The summed E-state index contributed by atoms with van der Waals surface area (Å²) in [5.41, 5.74) is 15.8. The minimum atomic E-state index is -2.04. The van der Waals surface area contributed by atoms with Gasteiger partial charge in [-0.15, -0.1) is 0 Å². The normalized spacial score (nSPS) is 12.0. The lowest BCUT2D eigenvalue weighted by Gasteiger charge is -2.19. The maximum absolute atomic E-state index is 12.8. The summed E-state index contributed by atoms with van der Waals surface area (Å²) >= 11 is -2.04. The van der Waals surface area contributed by atoms with Crippen molar-refractivity contribution in [3.05, 3.63) is 55.6 Å². The summed E-state index contributed by atoms with van der Waals surface area (Å²) in [7, 11) is 0. The Bertz CT molecular complexity index is 952. The Morgan fingerprint density at radius 1 is 0.714 bits per heavy atom. The molecule has 0 saturated carbocycles. The Morgan fingerprint density at radius 3 is 1.61 bits per heavy atom. The number of hydrogen-bond donors (Lipinski definition) is 2. The first-order chi connectivity index (χ1) is 12.9. The topological polar surface area (TPSA) is 81.4 Å². The number of amides is 1. The van der Waals surface area contributed by atoms with Gasteiger partial charge < -0.3 is 9.92 Å². The highest BCUT2D eigenvalue weighted by Crippen LogP contribution is 2.33. The second-order valence-corrected chi connectivity index (χ2v) is 8.33. The lowest BCUT2D eigenvalue weighted by Crippen LogP contribution is -2.31. The largest absolute Gasteiger partial charge is 0.398 e. The molecule has 28 heavy (non-hydrogen) atoms. The van der Waals surface area contributed by atoms with Gasteiger partial charge in [0.15, 0.2) is 0 Å². The van der Waals surface area contributed by atoms with E-state index in [1.54, 1.807) is 0 Å². The second-order valence-electron chi connectivity index (χ2n) is 7.49. The van der Waals surface area contributed by atoms with Crippen LogP contribution in [0.1, 0.15) is 60.4 Å². The summed E-state index contributed by atoms with van der Waals surface area (Å²) in [4.78, 5) is 12.8. The van der Waals surface area contributed by atoms with Crippen LogP contribution >= 0.6 is 0 Å². The first-order valence-corrected chi connectivity index (χ1v) is 10.3. The van der Waals surface area contributed by atoms with Crippen LogP contribution in [0.3, 0.4) is 0 Å². The van der Waals surface area contributed by atoms with Crippen molar-refractivity contribution in [1.29, 1.82) is 0 Å². The van der Waals surface area contributed by atoms with Gasteiger partial charge in [0.2, 0.25) is 0 Å². The third kappa shape index (κ3) is 3.65. The third-order valence-corrected chi connectivity index (χ3v) is 6.90. The SMILES string of the molecule is Cc1c(C)c(C)c(OS(=O)NC(=O)c2c(C)c(C)c(C)c(C)c2N)c(C)c1C. The molecule has 2 aromatic carbocycles. The van der Waals surface area contributed by atoms with Crippen molar-refractivity contribution in [2.24, 2.45) is 0 Å². The van der Waals surface area contributed by atoms with E-state index in [0.29, 0.717) is 17.0 Å². The van der Waals surface area contributed by atoms with Crippen molar-refractivity contribution in [3.8, 4) is 5.75 Å². The fourth-order valence-electron chi connectivity index (χ4n) is 3.45. The van der Waals surface area contributed by atoms with Gasteiger partial charge in [0.25, 0.3) is 5.91 Å². The van der Waals surface area contributed by atoms with E-state index in [0.717, 1.165) is 44.5 Å². The number of nitrogens with one attached hydrogen (secondary N) is 1. The van der Waals surface area contributed by atoms with Crippen LogP contribution in [-0.4, -0.2) is 10.1 Å². The van der Waals surface area contributed by atoms with E-state index < -0.39 is 17.2 Å². The molecular formula is C22H30N2O3S. The van der Waals surface area contributed by atoms with Crippen LogP contribution in [0.4, 0.5) is 5.69 Å². The zero-order valence-corrected chi connectivity index (χ0v) is 19.0. The van der Waals surface area contributed by atoms with Crippen LogP contribution < -0.4 is 14.6 Å². The molecule has 0 saturated heterocycles. The predicted octanol–water partition coefficient (Wildman–Crippen LogP) is 4.43. The molecule has 0 heterocycles. The van der Waals surface area contributed by atoms with E-state index in [4.69, 9.17) is 9.92 Å². The molecule has 3 N–H and O–H groups in total. The predicted molar refractivity (Wildman–Crippen MR) is 116 cm³/mol. The number of carbonyl (C=O) groups is 1. The smallest absolute Gasteiger partial charge is 0.318 e. The van der Waals surface area contributed by atoms with Crippen molar-refractivity contribution >= 4 is 22.9 Å². The first kappa shape index (κ1) is 22.0. The molecule has 0 radical (unpaired) electrons. The highest BCUT2D eigenvalue weighted by Gasteiger charge is 2.22. The fourth-order valence-corrected chi connectivity index (χ4v) is 4.14. The van der Waals surface area contributed by atoms with Crippen LogP contribution in [0.15, 0.2) is 0 Å². The summed E-state index contributed by atoms with van der Waals surface area (Å²) in [6.07, 6.45) is 0. The van der Waals surface area contributed by atoms with Crippen molar-refractivity contribution in [1.82, 2.24) is 4.72 Å². The molecule has 0 spiro atoms. The summed E-state index contributed by atoms with van der Waals surface area (Å²) in [5.74, 6) is 0.0376. The van der Waals surface area contributed by atoms with Crippen molar-refractivity contribution < 1.29 is 13.2 Å².